The third-order valence-electron chi connectivity index (χ3n) is 6.04. The first kappa shape index (κ1) is 25.8. The second kappa shape index (κ2) is 10.3. The van der Waals surface area contributed by atoms with Crippen LogP contribution in [-0.2, 0) is 10.2 Å². The first-order chi connectivity index (χ1) is 17.6. The van der Waals surface area contributed by atoms with Crippen molar-refractivity contribution in [2.45, 2.75) is 33.1 Å². The summed E-state index contributed by atoms with van der Waals surface area (Å²) in [7, 11) is 3.09. The van der Waals surface area contributed by atoms with Crippen molar-refractivity contribution >= 4 is 23.0 Å². The van der Waals surface area contributed by atoms with E-state index in [2.05, 4.69) is 20.8 Å². The van der Waals surface area contributed by atoms with E-state index in [-0.39, 0.29) is 16.9 Å². The molecular weight excluding hydrogens is 468 g/mol. The van der Waals surface area contributed by atoms with Crippen molar-refractivity contribution < 1.29 is 23.4 Å². The third-order valence-corrected chi connectivity index (χ3v) is 6.04. The highest BCUT2D eigenvalue weighted by Gasteiger charge is 2.21. The summed E-state index contributed by atoms with van der Waals surface area (Å²) in [6.45, 7) is 8.25. The first-order valence-electron chi connectivity index (χ1n) is 11.9. The molecule has 0 spiro atoms. The van der Waals surface area contributed by atoms with Gasteiger partial charge < -0.3 is 18.6 Å². The number of esters is 1. The Morgan fingerprint density at radius 2 is 1.59 bits per heavy atom. The van der Waals surface area contributed by atoms with Crippen molar-refractivity contribution in [2.24, 2.45) is 0 Å². The molecule has 0 saturated heterocycles. The van der Waals surface area contributed by atoms with Crippen molar-refractivity contribution in [3.8, 4) is 28.6 Å². The molecule has 1 heterocycles. The van der Waals surface area contributed by atoms with Crippen LogP contribution in [-0.4, -0.2) is 20.2 Å². The van der Waals surface area contributed by atoms with Crippen molar-refractivity contribution in [1.82, 2.24) is 0 Å². The van der Waals surface area contributed by atoms with E-state index in [9.17, 15) is 9.59 Å². The summed E-state index contributed by atoms with van der Waals surface area (Å²) < 4.78 is 22.3. The van der Waals surface area contributed by atoms with Crippen LogP contribution >= 0.6 is 0 Å². The molecule has 0 aliphatic carbocycles. The lowest BCUT2D eigenvalue weighted by Crippen LogP contribution is -2.14. The second-order valence-corrected chi connectivity index (χ2v) is 9.79. The topological polar surface area (TPSA) is 75.0 Å². The summed E-state index contributed by atoms with van der Waals surface area (Å²) in [5, 5.41) is 0.349. The number of methoxy groups -OCH3 is 2. The van der Waals surface area contributed by atoms with E-state index in [4.69, 9.17) is 18.6 Å². The Balaban J connectivity index is 1.74. The smallest absolute Gasteiger partial charge is 0.336 e. The Bertz CT molecular complexity index is 1540. The molecule has 0 aliphatic rings. The predicted octanol–water partition coefficient (Wildman–Crippen LogP) is 6.70. The molecule has 3 aromatic carbocycles. The van der Waals surface area contributed by atoms with Gasteiger partial charge in [-0.25, -0.2) is 4.79 Å². The number of fused-ring (bicyclic) bond motifs is 1. The minimum absolute atomic E-state index is 0.0372. The molecule has 0 atom stereocenters. The van der Waals surface area contributed by atoms with Crippen LogP contribution in [0.1, 0.15) is 37.5 Å². The van der Waals surface area contributed by atoms with Gasteiger partial charge in [0.05, 0.1) is 19.6 Å². The van der Waals surface area contributed by atoms with Gasteiger partial charge >= 0.3 is 5.97 Å². The Hall–Kier alpha value is -4.32. The van der Waals surface area contributed by atoms with E-state index in [0.717, 1.165) is 11.1 Å². The summed E-state index contributed by atoms with van der Waals surface area (Å²) in [6.07, 6.45) is 2.84. The van der Waals surface area contributed by atoms with Gasteiger partial charge in [-0.1, -0.05) is 62.7 Å². The van der Waals surface area contributed by atoms with Crippen LogP contribution in [0.25, 0.3) is 28.4 Å². The van der Waals surface area contributed by atoms with Crippen LogP contribution in [0.2, 0.25) is 0 Å². The molecule has 1 aromatic heterocycles. The summed E-state index contributed by atoms with van der Waals surface area (Å²) in [5.41, 5.74) is 3.34. The third kappa shape index (κ3) is 5.59. The molecule has 4 aromatic rings. The Morgan fingerprint density at radius 3 is 2.24 bits per heavy atom. The van der Waals surface area contributed by atoms with E-state index >= 15 is 0 Å². The number of carbonyl (C=O) groups is 1. The molecule has 0 aliphatic heterocycles. The minimum Gasteiger partial charge on any atom is -0.493 e. The van der Waals surface area contributed by atoms with Crippen LogP contribution in [0.15, 0.2) is 76.0 Å². The molecule has 6 heteroatoms. The predicted molar refractivity (Wildman–Crippen MR) is 146 cm³/mol. The average Bonchev–Trinajstić information content (AvgIpc) is 2.88. The Kier molecular flexibility index (Phi) is 7.21. The molecule has 37 heavy (non-hydrogen) atoms. The molecule has 190 valence electrons. The van der Waals surface area contributed by atoms with Crippen molar-refractivity contribution in [1.29, 1.82) is 0 Å². The zero-order valence-corrected chi connectivity index (χ0v) is 21.9. The largest absolute Gasteiger partial charge is 0.493 e. The summed E-state index contributed by atoms with van der Waals surface area (Å²) in [4.78, 5) is 26.3. The number of aryl methyl sites for hydroxylation is 1. The van der Waals surface area contributed by atoms with Gasteiger partial charge in [0.15, 0.2) is 17.3 Å². The highest BCUT2D eigenvalue weighted by atomic mass is 16.5. The maximum Gasteiger partial charge on any atom is 0.336 e. The monoisotopic (exact) mass is 498 g/mol. The molecule has 6 nitrogen and oxygen atoms in total. The maximum absolute atomic E-state index is 13.5. The van der Waals surface area contributed by atoms with E-state index < -0.39 is 11.4 Å². The molecule has 0 N–H and O–H groups in total. The van der Waals surface area contributed by atoms with Gasteiger partial charge in [0.1, 0.15) is 5.58 Å². The summed E-state index contributed by atoms with van der Waals surface area (Å²) >= 11 is 0. The molecule has 0 fully saturated rings. The lowest BCUT2D eigenvalue weighted by atomic mass is 9.86. The van der Waals surface area contributed by atoms with Crippen LogP contribution in [0.5, 0.6) is 17.2 Å². The Labute approximate surface area is 216 Å². The molecule has 0 saturated carbocycles. The van der Waals surface area contributed by atoms with Gasteiger partial charge in [0.25, 0.3) is 0 Å². The fourth-order valence-electron chi connectivity index (χ4n) is 3.95. The van der Waals surface area contributed by atoms with Gasteiger partial charge in [0, 0.05) is 11.6 Å². The van der Waals surface area contributed by atoms with E-state index in [1.54, 1.807) is 43.5 Å². The minimum atomic E-state index is -0.707. The molecular formula is C31H30O6. The van der Waals surface area contributed by atoms with Crippen molar-refractivity contribution in [2.75, 3.05) is 14.2 Å². The molecule has 0 bridgehead atoms. The normalized spacial score (nSPS) is 11.6. The van der Waals surface area contributed by atoms with E-state index in [1.807, 2.05) is 37.3 Å². The summed E-state index contributed by atoms with van der Waals surface area (Å²) in [6, 6.07) is 18.3. The lowest BCUT2D eigenvalue weighted by Gasteiger charge is -2.19. The zero-order chi connectivity index (χ0) is 26.7. The van der Waals surface area contributed by atoms with Crippen molar-refractivity contribution in [3.63, 3.8) is 0 Å². The number of ether oxygens (including phenoxy) is 3. The van der Waals surface area contributed by atoms with Crippen LogP contribution in [0, 0.1) is 6.92 Å². The van der Waals surface area contributed by atoms with Crippen LogP contribution < -0.4 is 19.6 Å². The number of hydrogen-bond donors (Lipinski definition) is 0. The quantitative estimate of drug-likeness (QED) is 0.217. The standard InChI is InChI=1S/C31H30O6/c1-19-7-14-24-23(17-19)28(33)30(29(36-24)21-10-12-22(13-11-21)31(2,3)4)37-27(32)16-9-20-8-15-25(34-5)26(18-20)35-6/h7-18H,1-6H3/b16-9+. The fourth-order valence-corrected chi connectivity index (χ4v) is 3.95. The van der Waals surface area contributed by atoms with Crippen molar-refractivity contribution in [3.05, 3.63) is 93.7 Å². The number of benzene rings is 3. The van der Waals surface area contributed by atoms with E-state index in [0.29, 0.717) is 33.6 Å². The lowest BCUT2D eigenvalue weighted by molar-refractivity contribution is -0.129. The number of rotatable bonds is 6. The van der Waals surface area contributed by atoms with Gasteiger partial charge in [0.2, 0.25) is 11.2 Å². The number of carbonyl (C=O) groups excluding carboxylic acids is 1. The molecule has 0 amide bonds. The highest BCUT2D eigenvalue weighted by molar-refractivity contribution is 5.91. The van der Waals surface area contributed by atoms with Gasteiger partial charge in [-0.15, -0.1) is 0 Å². The fraction of sp³-hybridized carbons (Fsp3) is 0.226. The average molecular weight is 499 g/mol. The number of hydrogen-bond acceptors (Lipinski definition) is 6. The van der Waals surface area contributed by atoms with Crippen LogP contribution in [0.3, 0.4) is 0 Å². The molecule has 0 radical (unpaired) electrons. The van der Waals surface area contributed by atoms with E-state index in [1.165, 1.54) is 13.2 Å². The summed E-state index contributed by atoms with van der Waals surface area (Å²) in [5.74, 6) is 0.456. The zero-order valence-electron chi connectivity index (χ0n) is 21.9. The highest BCUT2D eigenvalue weighted by Crippen LogP contribution is 2.33. The molecule has 4 rings (SSSR count). The molecule has 0 unspecified atom stereocenters. The maximum atomic E-state index is 13.5. The Morgan fingerprint density at radius 1 is 0.892 bits per heavy atom. The van der Waals surface area contributed by atoms with Gasteiger partial charge in [-0.05, 0) is 53.8 Å². The van der Waals surface area contributed by atoms with Gasteiger partial charge in [-0.3, -0.25) is 4.79 Å². The second-order valence-electron chi connectivity index (χ2n) is 9.79. The first-order valence-corrected chi connectivity index (χ1v) is 11.9. The van der Waals surface area contributed by atoms with Gasteiger partial charge in [-0.2, -0.15) is 0 Å². The SMILES string of the molecule is COc1ccc(/C=C/C(=O)Oc2c(-c3ccc(C(C)(C)C)cc3)oc3ccc(C)cc3c2=O)cc1OC. The van der Waals surface area contributed by atoms with Crippen LogP contribution in [0.4, 0.5) is 0 Å².